The summed E-state index contributed by atoms with van der Waals surface area (Å²) in [5, 5.41) is 5.00. The lowest BCUT2D eigenvalue weighted by atomic mass is 10.4. The first-order valence-corrected chi connectivity index (χ1v) is 3.94. The monoisotopic (exact) mass is 173 g/mol. The van der Waals surface area contributed by atoms with E-state index >= 15 is 0 Å². The lowest BCUT2D eigenvalue weighted by Gasteiger charge is -2.03. The van der Waals surface area contributed by atoms with E-state index in [1.165, 1.54) is 0 Å². The van der Waals surface area contributed by atoms with Gasteiger partial charge >= 0.3 is 0 Å². The summed E-state index contributed by atoms with van der Waals surface area (Å²) in [6.07, 6.45) is 0.263. The SMILES string of the molecule is CCNC(=O)CNC(=O)CCN. The van der Waals surface area contributed by atoms with Crippen molar-refractivity contribution in [3.63, 3.8) is 0 Å². The van der Waals surface area contributed by atoms with E-state index in [2.05, 4.69) is 10.6 Å². The van der Waals surface area contributed by atoms with Gasteiger partial charge in [0, 0.05) is 19.5 Å². The first kappa shape index (κ1) is 10.9. The highest BCUT2D eigenvalue weighted by Gasteiger charge is 2.02. The van der Waals surface area contributed by atoms with Crippen molar-refractivity contribution in [2.24, 2.45) is 5.73 Å². The maximum Gasteiger partial charge on any atom is 0.239 e. The average molecular weight is 173 g/mol. The van der Waals surface area contributed by atoms with Crippen LogP contribution >= 0.6 is 0 Å². The Morgan fingerprint density at radius 3 is 2.42 bits per heavy atom. The van der Waals surface area contributed by atoms with Crippen LogP contribution in [0.4, 0.5) is 0 Å². The molecule has 70 valence electrons. The summed E-state index contributed by atoms with van der Waals surface area (Å²) in [4.78, 5) is 21.6. The largest absolute Gasteiger partial charge is 0.355 e. The summed E-state index contributed by atoms with van der Waals surface area (Å²) in [5.74, 6) is -0.369. The number of rotatable bonds is 5. The Morgan fingerprint density at radius 2 is 1.92 bits per heavy atom. The summed E-state index contributed by atoms with van der Waals surface area (Å²) in [5.41, 5.74) is 5.13. The summed E-state index contributed by atoms with van der Waals surface area (Å²) in [7, 11) is 0. The number of carbonyl (C=O) groups excluding carboxylic acids is 2. The standard InChI is InChI=1S/C7H15N3O2/c1-2-9-7(12)5-10-6(11)3-4-8/h2-5,8H2,1H3,(H,9,12)(H,10,11). The quantitative estimate of drug-likeness (QED) is 0.477. The Labute approximate surface area is 71.7 Å². The maximum atomic E-state index is 10.8. The van der Waals surface area contributed by atoms with Crippen LogP contribution in [-0.2, 0) is 9.59 Å². The van der Waals surface area contributed by atoms with E-state index in [9.17, 15) is 9.59 Å². The lowest BCUT2D eigenvalue weighted by molar-refractivity contribution is -0.125. The minimum absolute atomic E-state index is 0.0344. The number of likely N-dealkylation sites (N-methyl/N-ethyl adjacent to an activating group) is 1. The molecule has 12 heavy (non-hydrogen) atoms. The average Bonchev–Trinajstić information content (AvgIpc) is 2.02. The van der Waals surface area contributed by atoms with Crippen LogP contribution in [0.2, 0.25) is 0 Å². The molecule has 0 radical (unpaired) electrons. The molecule has 0 aromatic heterocycles. The van der Waals surface area contributed by atoms with Gasteiger partial charge in [0.05, 0.1) is 6.54 Å². The van der Waals surface area contributed by atoms with Gasteiger partial charge in [-0.25, -0.2) is 0 Å². The predicted molar refractivity (Wildman–Crippen MR) is 45.4 cm³/mol. The van der Waals surface area contributed by atoms with Gasteiger partial charge in [0.1, 0.15) is 0 Å². The molecule has 5 nitrogen and oxygen atoms in total. The fourth-order valence-electron chi connectivity index (χ4n) is 0.658. The van der Waals surface area contributed by atoms with Crippen molar-refractivity contribution in [1.82, 2.24) is 10.6 Å². The highest BCUT2D eigenvalue weighted by molar-refractivity contribution is 5.84. The van der Waals surface area contributed by atoms with Gasteiger partial charge in [0.15, 0.2) is 0 Å². The van der Waals surface area contributed by atoms with Crippen molar-refractivity contribution in [3.05, 3.63) is 0 Å². The second kappa shape index (κ2) is 6.60. The first-order chi connectivity index (χ1) is 5.70. The summed E-state index contributed by atoms with van der Waals surface area (Å²) in [6.45, 7) is 2.74. The molecule has 0 aliphatic heterocycles. The minimum Gasteiger partial charge on any atom is -0.355 e. The van der Waals surface area contributed by atoms with Crippen LogP contribution in [0.25, 0.3) is 0 Å². The number of nitrogens with two attached hydrogens (primary N) is 1. The van der Waals surface area contributed by atoms with E-state index in [0.29, 0.717) is 13.1 Å². The van der Waals surface area contributed by atoms with Gasteiger partial charge in [0.25, 0.3) is 0 Å². The molecule has 0 aliphatic carbocycles. The third-order valence-electron chi connectivity index (χ3n) is 1.19. The zero-order chi connectivity index (χ0) is 9.40. The van der Waals surface area contributed by atoms with E-state index in [1.54, 1.807) is 0 Å². The zero-order valence-electron chi connectivity index (χ0n) is 7.22. The van der Waals surface area contributed by atoms with E-state index in [4.69, 9.17) is 5.73 Å². The molecule has 2 amide bonds. The minimum atomic E-state index is -0.191. The smallest absolute Gasteiger partial charge is 0.239 e. The van der Waals surface area contributed by atoms with Gasteiger partial charge in [-0.2, -0.15) is 0 Å². The van der Waals surface area contributed by atoms with Crippen molar-refractivity contribution < 1.29 is 9.59 Å². The molecular weight excluding hydrogens is 158 g/mol. The zero-order valence-corrected chi connectivity index (χ0v) is 7.22. The fourth-order valence-corrected chi connectivity index (χ4v) is 0.658. The Hall–Kier alpha value is -1.10. The normalized spacial score (nSPS) is 9.17. The number of hydrogen-bond donors (Lipinski definition) is 3. The highest BCUT2D eigenvalue weighted by Crippen LogP contribution is 1.73. The maximum absolute atomic E-state index is 10.8. The third-order valence-corrected chi connectivity index (χ3v) is 1.19. The van der Waals surface area contributed by atoms with Crippen LogP contribution in [0, 0.1) is 0 Å². The number of carbonyl (C=O) groups is 2. The van der Waals surface area contributed by atoms with Crippen molar-refractivity contribution in [1.29, 1.82) is 0 Å². The van der Waals surface area contributed by atoms with Crippen molar-refractivity contribution in [2.75, 3.05) is 19.6 Å². The molecule has 0 saturated carbocycles. The highest BCUT2D eigenvalue weighted by atomic mass is 16.2. The lowest BCUT2D eigenvalue weighted by Crippen LogP contribution is -2.37. The van der Waals surface area contributed by atoms with Gasteiger partial charge in [-0.1, -0.05) is 0 Å². The molecule has 0 aromatic rings. The summed E-state index contributed by atoms with van der Waals surface area (Å²) < 4.78 is 0. The Morgan fingerprint density at radius 1 is 1.25 bits per heavy atom. The number of hydrogen-bond acceptors (Lipinski definition) is 3. The van der Waals surface area contributed by atoms with Crippen molar-refractivity contribution in [3.8, 4) is 0 Å². The van der Waals surface area contributed by atoms with Gasteiger partial charge in [-0.05, 0) is 6.92 Å². The van der Waals surface area contributed by atoms with E-state index in [1.807, 2.05) is 6.92 Å². The van der Waals surface area contributed by atoms with Crippen LogP contribution in [0.3, 0.4) is 0 Å². The van der Waals surface area contributed by atoms with Crippen molar-refractivity contribution in [2.45, 2.75) is 13.3 Å². The molecule has 0 saturated heterocycles. The van der Waals surface area contributed by atoms with Crippen LogP contribution in [0.1, 0.15) is 13.3 Å². The number of nitrogens with one attached hydrogen (secondary N) is 2. The van der Waals surface area contributed by atoms with E-state index < -0.39 is 0 Å². The molecule has 0 heterocycles. The topological polar surface area (TPSA) is 84.2 Å². The van der Waals surface area contributed by atoms with Gasteiger partial charge in [-0.3, -0.25) is 9.59 Å². The van der Waals surface area contributed by atoms with E-state index in [-0.39, 0.29) is 24.8 Å². The molecule has 0 bridgehead atoms. The summed E-state index contributed by atoms with van der Waals surface area (Å²) in [6, 6.07) is 0. The third kappa shape index (κ3) is 5.67. The number of amides is 2. The molecule has 0 rings (SSSR count). The Balaban J connectivity index is 3.40. The van der Waals surface area contributed by atoms with Crippen LogP contribution < -0.4 is 16.4 Å². The van der Waals surface area contributed by atoms with Crippen LogP contribution in [0.5, 0.6) is 0 Å². The predicted octanol–water partition coefficient (Wildman–Crippen LogP) is -1.41. The molecule has 0 aliphatic rings. The molecular formula is C7H15N3O2. The molecule has 0 spiro atoms. The molecule has 4 N–H and O–H groups in total. The molecule has 0 unspecified atom stereocenters. The van der Waals surface area contributed by atoms with Crippen LogP contribution in [-0.4, -0.2) is 31.4 Å². The fraction of sp³-hybridized carbons (Fsp3) is 0.714. The van der Waals surface area contributed by atoms with Gasteiger partial charge in [0.2, 0.25) is 11.8 Å². The van der Waals surface area contributed by atoms with Gasteiger partial charge in [-0.15, -0.1) is 0 Å². The summed E-state index contributed by atoms with van der Waals surface area (Å²) >= 11 is 0. The molecule has 5 heteroatoms. The van der Waals surface area contributed by atoms with Crippen LogP contribution in [0.15, 0.2) is 0 Å². The van der Waals surface area contributed by atoms with Gasteiger partial charge < -0.3 is 16.4 Å². The molecule has 0 atom stereocenters. The molecule has 0 aromatic carbocycles. The second-order valence-corrected chi connectivity index (χ2v) is 2.27. The second-order valence-electron chi connectivity index (χ2n) is 2.27. The Bertz CT molecular complexity index is 141. The van der Waals surface area contributed by atoms with Crippen molar-refractivity contribution >= 4 is 11.8 Å². The molecule has 0 fully saturated rings. The van der Waals surface area contributed by atoms with E-state index in [0.717, 1.165) is 0 Å². The Kier molecular flexibility index (Phi) is 6.00. The first-order valence-electron chi connectivity index (χ1n) is 3.94.